The lowest BCUT2D eigenvalue weighted by molar-refractivity contribution is 0.150. The number of hydrogen-bond donors (Lipinski definition) is 3. The minimum Gasteiger partial charge on any atom is -0.390 e. The molecule has 3 N–H and O–H groups in total. The molecule has 2 rings (SSSR count). The van der Waals surface area contributed by atoms with Gasteiger partial charge in [0.2, 0.25) is 0 Å². The van der Waals surface area contributed by atoms with Crippen LogP contribution in [0.2, 0.25) is 0 Å². The molecule has 2 atom stereocenters. The molecule has 1 aliphatic carbocycles. The normalized spacial score (nSPS) is 19.1. The van der Waals surface area contributed by atoms with Crippen molar-refractivity contribution in [1.29, 1.82) is 0 Å². The van der Waals surface area contributed by atoms with Crippen LogP contribution in [-0.2, 0) is 6.42 Å². The number of benzene rings is 1. The Labute approximate surface area is 181 Å². The first-order chi connectivity index (χ1) is 14.2. The Bertz CT molecular complexity index is 727. The average molecular weight is 414 g/mol. The highest BCUT2D eigenvalue weighted by atomic mass is 32.1. The van der Waals surface area contributed by atoms with Gasteiger partial charge in [-0.05, 0) is 48.8 Å². The lowest BCUT2D eigenvalue weighted by atomic mass is 10.1. The number of hydrogen-bond acceptors (Lipinski definition) is 3. The third-order valence-corrected chi connectivity index (χ3v) is 5.39. The van der Waals surface area contributed by atoms with Crippen LogP contribution >= 0.6 is 12.2 Å². The molecule has 4 nitrogen and oxygen atoms in total. The third kappa shape index (κ3) is 8.11. The van der Waals surface area contributed by atoms with E-state index < -0.39 is 6.10 Å². The predicted octanol–water partition coefficient (Wildman–Crippen LogP) is 5.00. The fourth-order valence-electron chi connectivity index (χ4n) is 3.53. The van der Waals surface area contributed by atoms with Crippen LogP contribution in [0.25, 0.3) is 0 Å². The summed E-state index contributed by atoms with van der Waals surface area (Å²) in [6, 6.07) is 7.92. The van der Waals surface area contributed by atoms with Gasteiger partial charge in [-0.15, -0.1) is 0 Å². The summed E-state index contributed by atoms with van der Waals surface area (Å²) in [5, 5.41) is 17.3. The van der Waals surface area contributed by atoms with E-state index in [2.05, 4.69) is 28.6 Å². The number of thiocarbonyl (C=S) groups is 1. The number of aliphatic hydroxyl groups excluding tert-OH is 1. The summed E-state index contributed by atoms with van der Waals surface area (Å²) in [6.07, 6.45) is 15.6. The summed E-state index contributed by atoms with van der Waals surface area (Å²) in [5.41, 5.74) is 3.19. The Balaban J connectivity index is 1.72. The Kier molecular flexibility index (Phi) is 10.7. The zero-order chi connectivity index (χ0) is 20.9. The fraction of sp³-hybridized carbons (Fsp3) is 0.500. The second-order valence-corrected chi connectivity index (χ2v) is 7.88. The molecule has 0 aliphatic heterocycles. The first-order valence-electron chi connectivity index (χ1n) is 10.8. The summed E-state index contributed by atoms with van der Waals surface area (Å²) in [7, 11) is 0. The molecule has 5 heteroatoms. The van der Waals surface area contributed by atoms with Crippen LogP contribution < -0.4 is 10.6 Å². The number of nitrogens with one attached hydrogen (secondary N) is 2. The van der Waals surface area contributed by atoms with Gasteiger partial charge >= 0.3 is 0 Å². The van der Waals surface area contributed by atoms with Crippen molar-refractivity contribution < 1.29 is 5.11 Å². The smallest absolute Gasteiger partial charge is 0.171 e. The Hall–Kier alpha value is -1.98. The first-order valence-corrected chi connectivity index (χ1v) is 11.2. The molecule has 0 bridgehead atoms. The molecule has 29 heavy (non-hydrogen) atoms. The number of rotatable bonds is 11. The maximum absolute atomic E-state index is 10.4. The number of nitrogens with zero attached hydrogens (tertiary/aromatic N) is 1. The maximum Gasteiger partial charge on any atom is 0.171 e. The number of aliphatic imine (C=N–C) groups is 1. The van der Waals surface area contributed by atoms with Gasteiger partial charge in [-0.1, -0.05) is 69.4 Å². The van der Waals surface area contributed by atoms with E-state index in [0.29, 0.717) is 11.5 Å². The van der Waals surface area contributed by atoms with Crippen LogP contribution in [0.5, 0.6) is 0 Å². The molecule has 0 saturated carbocycles. The van der Waals surface area contributed by atoms with Crippen molar-refractivity contribution in [2.45, 2.75) is 70.9 Å². The molecule has 158 valence electrons. The van der Waals surface area contributed by atoms with Crippen LogP contribution in [0.1, 0.15) is 69.5 Å². The van der Waals surface area contributed by atoms with Crippen LogP contribution in [0.15, 0.2) is 53.2 Å². The van der Waals surface area contributed by atoms with Gasteiger partial charge in [-0.2, -0.15) is 0 Å². The molecule has 0 amide bonds. The molecular formula is C24H35N3OS. The largest absolute Gasteiger partial charge is 0.390 e. The van der Waals surface area contributed by atoms with E-state index in [1.807, 2.05) is 49.6 Å². The molecule has 0 spiro atoms. The SMILES string of the molecule is C/C=C(\C=C/C=NCCCCCCCC)NC(=S)N[C@@H]1c2ccccc2C[C@@H]1O. The summed E-state index contributed by atoms with van der Waals surface area (Å²) >= 11 is 5.45. The fourth-order valence-corrected chi connectivity index (χ4v) is 3.78. The molecule has 0 aromatic heterocycles. The number of unbranched alkanes of at least 4 members (excludes halogenated alkanes) is 5. The van der Waals surface area contributed by atoms with Crippen LogP contribution in [-0.4, -0.2) is 29.1 Å². The predicted molar refractivity (Wildman–Crippen MR) is 127 cm³/mol. The van der Waals surface area contributed by atoms with Crippen molar-refractivity contribution in [3.8, 4) is 0 Å². The lowest BCUT2D eigenvalue weighted by Gasteiger charge is -2.20. The highest BCUT2D eigenvalue weighted by molar-refractivity contribution is 7.80. The monoisotopic (exact) mass is 413 g/mol. The topological polar surface area (TPSA) is 56.7 Å². The van der Waals surface area contributed by atoms with Crippen molar-refractivity contribution >= 4 is 23.5 Å². The summed E-state index contributed by atoms with van der Waals surface area (Å²) in [5.74, 6) is 0. The van der Waals surface area contributed by atoms with E-state index in [9.17, 15) is 5.11 Å². The maximum atomic E-state index is 10.4. The van der Waals surface area contributed by atoms with Crippen molar-refractivity contribution in [3.63, 3.8) is 0 Å². The molecule has 1 aromatic carbocycles. The number of fused-ring (bicyclic) bond motifs is 1. The molecule has 1 aliphatic rings. The number of aliphatic hydroxyl groups is 1. The standard InChI is InChI=1S/C24H35N3OS/c1-3-5-6-7-8-11-16-25-17-12-14-20(4-2)26-24(29)27-23-21-15-10-9-13-19(21)18-22(23)28/h4,9-10,12-15,17,22-23,28H,3,5-8,11,16,18H2,1-2H3,(H2,26,27,29)/b14-12-,20-4+,25-17?/t22-,23+/m0/s1. The van der Waals surface area contributed by atoms with Gasteiger partial charge in [-0.25, -0.2) is 0 Å². The Morgan fingerprint density at radius 3 is 2.76 bits per heavy atom. The van der Waals surface area contributed by atoms with Crippen molar-refractivity contribution in [1.82, 2.24) is 10.6 Å². The molecule has 0 unspecified atom stereocenters. The van der Waals surface area contributed by atoms with Crippen molar-refractivity contribution in [2.24, 2.45) is 4.99 Å². The third-order valence-electron chi connectivity index (χ3n) is 5.17. The van der Waals surface area contributed by atoms with E-state index in [1.54, 1.807) is 0 Å². The van der Waals surface area contributed by atoms with Gasteiger partial charge in [0, 0.05) is 24.9 Å². The van der Waals surface area contributed by atoms with E-state index in [-0.39, 0.29) is 6.04 Å². The molecule has 0 saturated heterocycles. The minimum absolute atomic E-state index is 0.174. The van der Waals surface area contributed by atoms with Crippen molar-refractivity contribution in [3.05, 3.63) is 59.3 Å². The first kappa shape index (κ1) is 23.3. The van der Waals surface area contributed by atoms with Gasteiger partial charge in [-0.3, -0.25) is 4.99 Å². The Morgan fingerprint density at radius 1 is 1.21 bits per heavy atom. The van der Waals surface area contributed by atoms with Gasteiger partial charge in [0.15, 0.2) is 5.11 Å². The van der Waals surface area contributed by atoms with Gasteiger partial charge < -0.3 is 15.7 Å². The van der Waals surface area contributed by atoms with Gasteiger partial charge in [0.05, 0.1) is 12.1 Å². The van der Waals surface area contributed by atoms with Crippen LogP contribution in [0.4, 0.5) is 0 Å². The van der Waals surface area contributed by atoms with E-state index in [4.69, 9.17) is 12.2 Å². The summed E-state index contributed by atoms with van der Waals surface area (Å²) in [6.45, 7) is 5.08. The highest BCUT2D eigenvalue weighted by Gasteiger charge is 2.31. The second kappa shape index (κ2) is 13.3. The average Bonchev–Trinajstić information content (AvgIpc) is 3.03. The second-order valence-electron chi connectivity index (χ2n) is 7.47. The van der Waals surface area contributed by atoms with Gasteiger partial charge in [0.1, 0.15) is 0 Å². The minimum atomic E-state index is -0.467. The van der Waals surface area contributed by atoms with E-state index in [1.165, 1.54) is 37.7 Å². The van der Waals surface area contributed by atoms with E-state index >= 15 is 0 Å². The summed E-state index contributed by atoms with van der Waals surface area (Å²) < 4.78 is 0. The van der Waals surface area contributed by atoms with Crippen LogP contribution in [0, 0.1) is 0 Å². The Morgan fingerprint density at radius 2 is 1.97 bits per heavy atom. The number of allylic oxidation sites excluding steroid dienone is 3. The van der Waals surface area contributed by atoms with Gasteiger partial charge in [0.25, 0.3) is 0 Å². The summed E-state index contributed by atoms with van der Waals surface area (Å²) in [4.78, 5) is 4.44. The molecule has 0 radical (unpaired) electrons. The van der Waals surface area contributed by atoms with E-state index in [0.717, 1.165) is 24.2 Å². The zero-order valence-corrected chi connectivity index (χ0v) is 18.5. The zero-order valence-electron chi connectivity index (χ0n) is 17.7. The molecule has 0 fully saturated rings. The molecule has 0 heterocycles. The molecular weight excluding hydrogens is 378 g/mol. The quantitative estimate of drug-likeness (QED) is 0.207. The molecule has 1 aromatic rings. The highest BCUT2D eigenvalue weighted by Crippen LogP contribution is 2.31. The van der Waals surface area contributed by atoms with Crippen molar-refractivity contribution in [2.75, 3.05) is 6.54 Å². The lowest BCUT2D eigenvalue weighted by Crippen LogP contribution is -2.40. The van der Waals surface area contributed by atoms with Crippen LogP contribution in [0.3, 0.4) is 0 Å².